The Hall–Kier alpha value is -1.05. The number of nitrogens with zero attached hydrogens (tertiary/aromatic N) is 2. The number of hydrogen-bond acceptors (Lipinski definition) is 4. The van der Waals surface area contributed by atoms with Gasteiger partial charge in [0.25, 0.3) is 5.91 Å². The smallest absolute Gasteiger partial charge is 0.353 e. The number of carbonyl (C=O) groups is 3. The summed E-state index contributed by atoms with van der Waals surface area (Å²) in [6.07, 6.45) is 0.686. The summed E-state index contributed by atoms with van der Waals surface area (Å²) in [5.41, 5.74) is -0.764. The van der Waals surface area contributed by atoms with Gasteiger partial charge in [-0.25, -0.2) is 14.6 Å². The van der Waals surface area contributed by atoms with Crippen LogP contribution in [0, 0.1) is 0 Å². The summed E-state index contributed by atoms with van der Waals surface area (Å²) in [6.45, 7) is 0. The van der Waals surface area contributed by atoms with Crippen molar-refractivity contribution in [2.24, 2.45) is 9.98 Å². The molecule has 7 nitrogen and oxygen atoms in total. The Balaban J connectivity index is 0.00000169. The first kappa shape index (κ1) is 12.9. The summed E-state index contributed by atoms with van der Waals surface area (Å²) in [5, 5.41) is 16.9. The molecule has 0 aromatic heterocycles. The minimum absolute atomic E-state index is 0. The number of rotatable bonds is 2. The monoisotopic (exact) mass is 207 g/mol. The van der Waals surface area contributed by atoms with Gasteiger partial charge in [-0.1, -0.05) is 0 Å². The topological polar surface area (TPSA) is 116 Å². The van der Waals surface area contributed by atoms with Gasteiger partial charge in [-0.2, -0.15) is 0 Å². The van der Waals surface area contributed by atoms with Crippen LogP contribution in [0.3, 0.4) is 0 Å². The number of aliphatic imine (C=N–C) groups is 2. The summed E-state index contributed by atoms with van der Waals surface area (Å²) < 4.78 is 0. The quantitative estimate of drug-likeness (QED) is 0.518. The van der Waals surface area contributed by atoms with Gasteiger partial charge < -0.3 is 10.2 Å². The van der Waals surface area contributed by atoms with Crippen LogP contribution in [-0.4, -0.2) is 75.6 Å². The summed E-state index contributed by atoms with van der Waals surface area (Å²) >= 11 is 0. The van der Waals surface area contributed by atoms with E-state index in [9.17, 15) is 14.4 Å². The van der Waals surface area contributed by atoms with Crippen molar-refractivity contribution in [1.82, 2.24) is 0 Å². The van der Waals surface area contributed by atoms with E-state index in [0.29, 0.717) is 6.21 Å². The maximum Gasteiger partial charge on any atom is 0.353 e. The van der Waals surface area contributed by atoms with Gasteiger partial charge in [-0.15, -0.1) is 0 Å². The molecule has 14 heavy (non-hydrogen) atoms. The first-order valence-corrected chi connectivity index (χ1v) is 3.14. The van der Waals surface area contributed by atoms with E-state index in [2.05, 4.69) is 9.98 Å². The van der Waals surface area contributed by atoms with Crippen LogP contribution in [0.1, 0.15) is 0 Å². The van der Waals surface area contributed by atoms with E-state index >= 15 is 0 Å². The Bertz CT molecular complexity index is 348. The molecule has 1 aliphatic heterocycles. The number of carbonyl (C=O) groups excluding carboxylic acids is 1. The van der Waals surface area contributed by atoms with Gasteiger partial charge in [-0.05, 0) is 0 Å². The van der Waals surface area contributed by atoms with Crippen LogP contribution in [-0.2, 0) is 14.4 Å². The van der Waals surface area contributed by atoms with Crippen molar-refractivity contribution in [2.45, 2.75) is 6.04 Å². The van der Waals surface area contributed by atoms with E-state index in [4.69, 9.17) is 10.2 Å². The van der Waals surface area contributed by atoms with E-state index in [-0.39, 0.29) is 29.6 Å². The van der Waals surface area contributed by atoms with Gasteiger partial charge in [-0.3, -0.25) is 9.79 Å². The third kappa shape index (κ3) is 2.72. The second kappa shape index (κ2) is 4.99. The summed E-state index contributed by atoms with van der Waals surface area (Å²) in [5.74, 6) is -3.88. The zero-order chi connectivity index (χ0) is 10.0. The third-order valence-electron chi connectivity index (χ3n) is 1.28. The fraction of sp³-hybridized carbons (Fsp3) is 0.167. The van der Waals surface area contributed by atoms with Crippen molar-refractivity contribution < 1.29 is 24.6 Å². The van der Waals surface area contributed by atoms with Crippen molar-refractivity contribution in [3.05, 3.63) is 0 Å². The number of amides is 1. The Kier molecular flexibility index (Phi) is 4.61. The van der Waals surface area contributed by atoms with Crippen LogP contribution in [0.25, 0.3) is 0 Å². The van der Waals surface area contributed by atoms with Crippen molar-refractivity contribution in [2.75, 3.05) is 0 Å². The molecule has 69 valence electrons. The molecule has 0 fully saturated rings. The summed E-state index contributed by atoms with van der Waals surface area (Å²) in [6, 6.07) is -1.59. The zero-order valence-electron chi connectivity index (χ0n) is 7.17. The van der Waals surface area contributed by atoms with Crippen LogP contribution in [0.4, 0.5) is 0 Å². The summed E-state index contributed by atoms with van der Waals surface area (Å²) in [4.78, 5) is 37.6. The molecule has 1 heterocycles. The molecule has 0 saturated heterocycles. The fourth-order valence-electron chi connectivity index (χ4n) is 0.763. The van der Waals surface area contributed by atoms with Crippen LogP contribution in [0.5, 0.6) is 0 Å². The van der Waals surface area contributed by atoms with Gasteiger partial charge in [0.1, 0.15) is 0 Å². The second-order valence-corrected chi connectivity index (χ2v) is 2.16. The summed E-state index contributed by atoms with van der Waals surface area (Å²) in [7, 11) is 0. The van der Waals surface area contributed by atoms with Crippen LogP contribution in [0.2, 0.25) is 0 Å². The second-order valence-electron chi connectivity index (χ2n) is 2.16. The van der Waals surface area contributed by atoms with E-state index in [1.165, 1.54) is 0 Å². The van der Waals surface area contributed by atoms with Gasteiger partial charge in [0.2, 0.25) is 0 Å². The molecule has 0 aliphatic carbocycles. The van der Waals surface area contributed by atoms with E-state index in [1.807, 2.05) is 0 Å². The SMILES string of the molecule is O=C1C=NC(C(=O)O)C(C(=O)O)=N1.[Na]. The molecule has 0 spiro atoms. The van der Waals surface area contributed by atoms with Crippen molar-refractivity contribution in [3.63, 3.8) is 0 Å². The molecule has 1 atom stereocenters. The van der Waals surface area contributed by atoms with Crippen LogP contribution < -0.4 is 0 Å². The molecule has 0 aromatic rings. The van der Waals surface area contributed by atoms with E-state index in [1.54, 1.807) is 0 Å². The minimum atomic E-state index is -1.59. The van der Waals surface area contributed by atoms with Gasteiger partial charge in [0.15, 0.2) is 11.8 Å². The molecule has 8 heteroatoms. The fourth-order valence-corrected chi connectivity index (χ4v) is 0.763. The predicted octanol–water partition coefficient (Wildman–Crippen LogP) is -1.80. The molecule has 0 bridgehead atoms. The maximum absolute atomic E-state index is 10.6. The van der Waals surface area contributed by atoms with Crippen molar-refractivity contribution >= 4 is 59.3 Å². The van der Waals surface area contributed by atoms with Crippen LogP contribution >= 0.6 is 0 Å². The molecule has 0 aromatic carbocycles. The largest absolute Gasteiger partial charge is 0.479 e. The first-order chi connectivity index (χ1) is 6.02. The van der Waals surface area contributed by atoms with Gasteiger partial charge in [0.05, 0.1) is 6.21 Å². The normalized spacial score (nSPS) is 19.6. The Labute approximate surface area is 99.8 Å². The molecule has 1 aliphatic rings. The number of hydrogen-bond donors (Lipinski definition) is 2. The minimum Gasteiger partial charge on any atom is -0.479 e. The standard InChI is InChI=1S/C6H4N2O5.Na/c9-2-1-7-3(5(10)11)4(8-2)6(12)13;/h1,3H,(H,10,11)(H,12,13);. The first-order valence-electron chi connectivity index (χ1n) is 3.14. The van der Waals surface area contributed by atoms with Crippen molar-refractivity contribution in [3.8, 4) is 0 Å². The number of carboxylic acids is 2. The van der Waals surface area contributed by atoms with Crippen molar-refractivity contribution in [1.29, 1.82) is 0 Å². The Morgan fingerprint density at radius 1 is 1.36 bits per heavy atom. The molecule has 1 radical (unpaired) electrons. The molecular weight excluding hydrogens is 203 g/mol. The van der Waals surface area contributed by atoms with E-state index in [0.717, 1.165) is 0 Å². The molecule has 1 amide bonds. The molecule has 2 N–H and O–H groups in total. The Morgan fingerprint density at radius 3 is 2.36 bits per heavy atom. The molecular formula is C6H4N2NaO5. The average molecular weight is 207 g/mol. The average Bonchev–Trinajstić information content (AvgIpc) is 2.03. The number of carboxylic acid groups (broad SMARTS) is 2. The maximum atomic E-state index is 10.6. The predicted molar refractivity (Wildman–Crippen MR) is 45.7 cm³/mol. The van der Waals surface area contributed by atoms with Crippen LogP contribution in [0.15, 0.2) is 9.98 Å². The zero-order valence-corrected chi connectivity index (χ0v) is 9.17. The van der Waals surface area contributed by atoms with E-state index < -0.39 is 29.6 Å². The van der Waals surface area contributed by atoms with Gasteiger partial charge in [0, 0.05) is 29.6 Å². The molecule has 0 saturated carbocycles. The Morgan fingerprint density at radius 2 is 1.93 bits per heavy atom. The number of aliphatic carboxylic acids is 2. The molecule has 1 unspecified atom stereocenters. The molecule has 1 rings (SSSR count). The third-order valence-corrected chi connectivity index (χ3v) is 1.28. The van der Waals surface area contributed by atoms with Gasteiger partial charge >= 0.3 is 11.9 Å².